The summed E-state index contributed by atoms with van der Waals surface area (Å²) in [7, 11) is -3.27. The molecule has 10 nitrogen and oxygen atoms in total. The van der Waals surface area contributed by atoms with Gasteiger partial charge in [-0.15, -0.1) is 10.2 Å². The van der Waals surface area contributed by atoms with Gasteiger partial charge < -0.3 is 10.2 Å². The largest absolute Gasteiger partial charge is 0.354 e. The molecule has 0 spiro atoms. The van der Waals surface area contributed by atoms with Crippen molar-refractivity contribution in [2.45, 2.75) is 17.7 Å². The Balaban J connectivity index is 1.40. The third-order valence-corrected chi connectivity index (χ3v) is 6.08. The first-order valence-electron chi connectivity index (χ1n) is 9.45. The second-order valence-corrected chi connectivity index (χ2v) is 9.18. The molecule has 1 fully saturated rings. The molecule has 2 aromatic heterocycles. The van der Waals surface area contributed by atoms with E-state index in [4.69, 9.17) is 0 Å². The third-order valence-electron chi connectivity index (χ3n) is 4.96. The van der Waals surface area contributed by atoms with Crippen molar-refractivity contribution in [3.8, 4) is 5.82 Å². The fraction of sp³-hybridized carbons (Fsp3) is 0.316. The molecule has 1 aliphatic heterocycles. The molecular weight excluding hydrogens is 406 g/mol. The normalized spacial score (nSPS) is 17.0. The quantitative estimate of drug-likeness (QED) is 0.647. The van der Waals surface area contributed by atoms with Crippen molar-refractivity contribution in [3.05, 3.63) is 49.1 Å². The molecule has 4 rings (SSSR count). The van der Waals surface area contributed by atoms with E-state index >= 15 is 0 Å². The average molecular weight is 427 g/mol. The number of sulfone groups is 1. The van der Waals surface area contributed by atoms with Crippen LogP contribution in [0.3, 0.4) is 0 Å². The fourth-order valence-corrected chi connectivity index (χ4v) is 4.00. The number of hydrogen-bond donors (Lipinski definition) is 1. The summed E-state index contributed by atoms with van der Waals surface area (Å²) in [5, 5.41) is 15.3. The summed E-state index contributed by atoms with van der Waals surface area (Å²) in [5.74, 6) is 0.970. The van der Waals surface area contributed by atoms with Crippen molar-refractivity contribution in [2.24, 2.45) is 5.92 Å². The lowest BCUT2D eigenvalue weighted by Gasteiger charge is -2.32. The van der Waals surface area contributed by atoms with Crippen LogP contribution in [0.15, 0.2) is 53.9 Å². The van der Waals surface area contributed by atoms with Crippen molar-refractivity contribution in [3.63, 3.8) is 0 Å². The maximum atomic E-state index is 12.7. The smallest absolute Gasteiger partial charge is 0.229 e. The molecule has 11 heteroatoms. The van der Waals surface area contributed by atoms with Crippen LogP contribution in [0.5, 0.6) is 0 Å². The van der Waals surface area contributed by atoms with E-state index in [0.29, 0.717) is 23.9 Å². The predicted octanol–water partition coefficient (Wildman–Crippen LogP) is 1.32. The molecule has 1 N–H and O–H groups in total. The number of carbonyl (C=O) groups is 1. The Morgan fingerprint density at radius 3 is 2.47 bits per heavy atom. The van der Waals surface area contributed by atoms with E-state index in [9.17, 15) is 13.2 Å². The van der Waals surface area contributed by atoms with Crippen LogP contribution < -0.4 is 10.2 Å². The number of benzene rings is 1. The van der Waals surface area contributed by atoms with Gasteiger partial charge in [0.05, 0.1) is 10.8 Å². The highest BCUT2D eigenvalue weighted by Crippen LogP contribution is 2.23. The summed E-state index contributed by atoms with van der Waals surface area (Å²) < 4.78 is 24.6. The first-order valence-corrected chi connectivity index (χ1v) is 11.3. The average Bonchev–Trinajstić information content (AvgIpc) is 3.29. The van der Waals surface area contributed by atoms with Crippen LogP contribution in [-0.2, 0) is 14.6 Å². The predicted molar refractivity (Wildman–Crippen MR) is 110 cm³/mol. The zero-order chi connectivity index (χ0) is 21.1. The number of nitrogens with zero attached hydrogens (tertiary/aromatic N) is 6. The number of amides is 1. The lowest BCUT2D eigenvalue weighted by atomic mass is 9.97. The van der Waals surface area contributed by atoms with Crippen molar-refractivity contribution in [1.29, 1.82) is 0 Å². The molecule has 1 aliphatic rings. The molecule has 0 aliphatic carbocycles. The van der Waals surface area contributed by atoms with Gasteiger partial charge in [0.25, 0.3) is 0 Å². The molecule has 1 unspecified atom stereocenters. The molecule has 1 saturated heterocycles. The number of carbonyl (C=O) groups excluding carboxylic acids is 1. The van der Waals surface area contributed by atoms with Crippen LogP contribution in [0.1, 0.15) is 12.8 Å². The van der Waals surface area contributed by atoms with Gasteiger partial charge in [0.1, 0.15) is 12.7 Å². The maximum absolute atomic E-state index is 12.7. The van der Waals surface area contributed by atoms with Gasteiger partial charge >= 0.3 is 0 Å². The van der Waals surface area contributed by atoms with E-state index in [-0.39, 0.29) is 16.7 Å². The van der Waals surface area contributed by atoms with E-state index in [1.165, 1.54) is 23.1 Å². The molecule has 3 aromatic rings. The first-order chi connectivity index (χ1) is 14.4. The van der Waals surface area contributed by atoms with E-state index in [2.05, 4.69) is 25.6 Å². The zero-order valence-corrected chi connectivity index (χ0v) is 17.2. The van der Waals surface area contributed by atoms with Crippen LogP contribution in [0.25, 0.3) is 5.82 Å². The Morgan fingerprint density at radius 1 is 1.10 bits per heavy atom. The molecule has 3 heterocycles. The van der Waals surface area contributed by atoms with E-state index in [0.717, 1.165) is 25.6 Å². The van der Waals surface area contributed by atoms with E-state index in [1.807, 2.05) is 17.0 Å². The molecule has 0 bridgehead atoms. The number of anilines is 2. The molecule has 1 aromatic carbocycles. The minimum absolute atomic E-state index is 0.0981. The standard InChI is InChI=1S/C19H21N7O3S/c1-30(28,29)16-6-4-15(5-7-16)22-19(27)14-3-2-10-25(11-14)17-8-9-18(24-23-17)26-13-20-12-21-26/h4-9,12-14H,2-3,10-11H2,1H3,(H,22,27). The van der Waals surface area contributed by atoms with Crippen molar-refractivity contribution in [2.75, 3.05) is 29.6 Å². The molecule has 156 valence electrons. The summed E-state index contributed by atoms with van der Waals surface area (Å²) in [6, 6.07) is 9.85. The highest BCUT2D eigenvalue weighted by Gasteiger charge is 2.27. The summed E-state index contributed by atoms with van der Waals surface area (Å²) in [5.41, 5.74) is 0.571. The van der Waals surface area contributed by atoms with Gasteiger partial charge in [-0.3, -0.25) is 4.79 Å². The van der Waals surface area contributed by atoms with Gasteiger partial charge in [-0.05, 0) is 49.2 Å². The molecule has 1 amide bonds. The Kier molecular flexibility index (Phi) is 5.44. The van der Waals surface area contributed by atoms with Gasteiger partial charge in [-0.2, -0.15) is 5.10 Å². The summed E-state index contributed by atoms with van der Waals surface area (Å²) in [4.78, 5) is 18.9. The Morgan fingerprint density at radius 2 is 1.83 bits per heavy atom. The van der Waals surface area contributed by atoms with Crippen LogP contribution in [0.2, 0.25) is 0 Å². The number of rotatable bonds is 5. The Bertz CT molecular complexity index is 1110. The highest BCUT2D eigenvalue weighted by atomic mass is 32.2. The van der Waals surface area contributed by atoms with Crippen molar-refractivity contribution < 1.29 is 13.2 Å². The summed E-state index contributed by atoms with van der Waals surface area (Å²) >= 11 is 0. The highest BCUT2D eigenvalue weighted by molar-refractivity contribution is 7.90. The Hall–Kier alpha value is -3.34. The Labute approximate surface area is 173 Å². The van der Waals surface area contributed by atoms with Gasteiger partial charge in [0.15, 0.2) is 21.5 Å². The minimum Gasteiger partial charge on any atom is -0.354 e. The van der Waals surface area contributed by atoms with E-state index < -0.39 is 9.84 Å². The maximum Gasteiger partial charge on any atom is 0.229 e. The first kappa shape index (κ1) is 20.0. The molecule has 0 radical (unpaired) electrons. The topological polar surface area (TPSA) is 123 Å². The summed E-state index contributed by atoms with van der Waals surface area (Å²) in [6.07, 6.45) is 5.76. The second-order valence-electron chi connectivity index (χ2n) is 7.16. The minimum atomic E-state index is -3.27. The monoisotopic (exact) mass is 427 g/mol. The second kappa shape index (κ2) is 8.19. The van der Waals surface area contributed by atoms with Gasteiger partial charge in [0.2, 0.25) is 5.91 Å². The van der Waals surface area contributed by atoms with Crippen LogP contribution >= 0.6 is 0 Å². The van der Waals surface area contributed by atoms with Gasteiger partial charge in [-0.25, -0.2) is 18.1 Å². The fourth-order valence-electron chi connectivity index (χ4n) is 3.36. The third kappa shape index (κ3) is 4.46. The summed E-state index contributed by atoms with van der Waals surface area (Å²) in [6.45, 7) is 1.33. The van der Waals surface area contributed by atoms with E-state index in [1.54, 1.807) is 18.5 Å². The molecule has 1 atom stereocenters. The van der Waals surface area contributed by atoms with Gasteiger partial charge in [-0.1, -0.05) is 0 Å². The number of nitrogens with one attached hydrogen (secondary N) is 1. The molecular formula is C19H21N7O3S. The van der Waals surface area contributed by atoms with Gasteiger partial charge in [0, 0.05) is 25.0 Å². The lowest BCUT2D eigenvalue weighted by molar-refractivity contribution is -0.120. The van der Waals surface area contributed by atoms with Crippen molar-refractivity contribution in [1.82, 2.24) is 25.0 Å². The lowest BCUT2D eigenvalue weighted by Crippen LogP contribution is -2.41. The molecule has 0 saturated carbocycles. The van der Waals surface area contributed by atoms with Crippen molar-refractivity contribution >= 4 is 27.2 Å². The SMILES string of the molecule is CS(=O)(=O)c1ccc(NC(=O)C2CCCN(c3ccc(-n4cncn4)nn3)C2)cc1. The van der Waals surface area contributed by atoms with Crippen LogP contribution in [0.4, 0.5) is 11.5 Å². The number of aromatic nitrogens is 5. The molecule has 30 heavy (non-hydrogen) atoms. The number of hydrogen-bond acceptors (Lipinski definition) is 8. The van der Waals surface area contributed by atoms with Crippen LogP contribution in [-0.4, -0.2) is 58.6 Å². The number of piperidine rings is 1. The zero-order valence-electron chi connectivity index (χ0n) is 16.3. The van der Waals surface area contributed by atoms with Crippen LogP contribution in [0, 0.1) is 5.92 Å².